The van der Waals surface area contributed by atoms with Crippen LogP contribution in [0.1, 0.15) is 29.6 Å². The van der Waals surface area contributed by atoms with Gasteiger partial charge in [0.25, 0.3) is 0 Å². The van der Waals surface area contributed by atoms with Crippen LogP contribution in [0.4, 0.5) is 5.82 Å². The van der Waals surface area contributed by atoms with E-state index in [4.69, 9.17) is 5.11 Å². The Balaban J connectivity index is 1.93. The Labute approximate surface area is 107 Å². The van der Waals surface area contributed by atoms with Crippen molar-refractivity contribution in [3.8, 4) is 0 Å². The summed E-state index contributed by atoms with van der Waals surface area (Å²) < 4.78 is 0. The number of nitrogens with one attached hydrogen (secondary N) is 1. The molecule has 2 N–H and O–H groups in total. The summed E-state index contributed by atoms with van der Waals surface area (Å²) in [6.45, 7) is 1.95. The van der Waals surface area contributed by atoms with Crippen molar-refractivity contribution in [3.05, 3.63) is 23.9 Å². The number of hydrogen-bond donors (Lipinski definition) is 2. The molecule has 2 heterocycles. The van der Waals surface area contributed by atoms with E-state index in [0.717, 1.165) is 13.1 Å². The predicted octanol–water partition coefficient (Wildman–Crippen LogP) is 1.68. The van der Waals surface area contributed by atoms with Crippen LogP contribution in [0, 0.1) is 0 Å². The van der Waals surface area contributed by atoms with Gasteiger partial charge in [-0.15, -0.1) is 0 Å². The standard InChI is InChI=1S/C13H19N3O2/c1-16-7-3-2-4-11(16)9-15-12-8-10(13(17)18)5-6-14-12/h5-6,8,11H,2-4,7,9H2,1H3,(H,14,15)(H,17,18). The topological polar surface area (TPSA) is 65.5 Å². The lowest BCUT2D eigenvalue weighted by Gasteiger charge is -2.32. The Morgan fingerprint density at radius 1 is 1.61 bits per heavy atom. The summed E-state index contributed by atoms with van der Waals surface area (Å²) in [5.41, 5.74) is 0.268. The molecule has 1 unspecified atom stereocenters. The lowest BCUT2D eigenvalue weighted by Crippen LogP contribution is -2.40. The maximum Gasteiger partial charge on any atom is 0.335 e. The van der Waals surface area contributed by atoms with Crippen molar-refractivity contribution in [2.24, 2.45) is 0 Å². The van der Waals surface area contributed by atoms with Crippen LogP contribution in [-0.2, 0) is 0 Å². The van der Waals surface area contributed by atoms with E-state index in [2.05, 4.69) is 22.2 Å². The molecule has 1 aromatic heterocycles. The summed E-state index contributed by atoms with van der Waals surface area (Å²) in [5, 5.41) is 12.1. The number of piperidine rings is 1. The Hall–Kier alpha value is -1.62. The maximum atomic E-state index is 10.8. The van der Waals surface area contributed by atoms with Crippen LogP contribution in [0.2, 0.25) is 0 Å². The molecule has 0 radical (unpaired) electrons. The fourth-order valence-electron chi connectivity index (χ4n) is 2.28. The van der Waals surface area contributed by atoms with E-state index in [9.17, 15) is 4.79 Å². The summed E-state index contributed by atoms with van der Waals surface area (Å²) >= 11 is 0. The molecular weight excluding hydrogens is 230 g/mol. The zero-order valence-corrected chi connectivity index (χ0v) is 10.6. The smallest absolute Gasteiger partial charge is 0.335 e. The largest absolute Gasteiger partial charge is 0.478 e. The molecular formula is C13H19N3O2. The third-order valence-electron chi connectivity index (χ3n) is 3.45. The summed E-state index contributed by atoms with van der Waals surface area (Å²) in [6.07, 6.45) is 5.23. The second-order valence-corrected chi connectivity index (χ2v) is 4.75. The van der Waals surface area contributed by atoms with Crippen molar-refractivity contribution in [3.63, 3.8) is 0 Å². The molecule has 1 aliphatic rings. The summed E-state index contributed by atoms with van der Waals surface area (Å²) in [4.78, 5) is 17.3. The van der Waals surface area contributed by atoms with E-state index >= 15 is 0 Å². The van der Waals surface area contributed by atoms with Gasteiger partial charge in [0.2, 0.25) is 0 Å². The first-order chi connectivity index (χ1) is 8.66. The van der Waals surface area contributed by atoms with Crippen LogP contribution >= 0.6 is 0 Å². The van der Waals surface area contributed by atoms with Crippen LogP contribution in [0.25, 0.3) is 0 Å². The highest BCUT2D eigenvalue weighted by Crippen LogP contribution is 2.15. The first-order valence-corrected chi connectivity index (χ1v) is 6.30. The van der Waals surface area contributed by atoms with Gasteiger partial charge in [0, 0.05) is 18.8 Å². The van der Waals surface area contributed by atoms with Crippen molar-refractivity contribution in [2.75, 3.05) is 25.5 Å². The van der Waals surface area contributed by atoms with E-state index in [0.29, 0.717) is 11.9 Å². The average Bonchev–Trinajstić information content (AvgIpc) is 2.38. The van der Waals surface area contributed by atoms with Gasteiger partial charge >= 0.3 is 5.97 Å². The van der Waals surface area contributed by atoms with Gasteiger partial charge in [-0.25, -0.2) is 9.78 Å². The maximum absolute atomic E-state index is 10.8. The molecule has 5 heteroatoms. The first-order valence-electron chi connectivity index (χ1n) is 6.30. The summed E-state index contributed by atoms with van der Waals surface area (Å²) in [5.74, 6) is -0.288. The van der Waals surface area contributed by atoms with Gasteiger partial charge in [-0.1, -0.05) is 6.42 Å². The Bertz CT molecular complexity index is 422. The van der Waals surface area contributed by atoms with Crippen LogP contribution in [0.3, 0.4) is 0 Å². The number of rotatable bonds is 4. The highest BCUT2D eigenvalue weighted by Gasteiger charge is 2.18. The van der Waals surface area contributed by atoms with Crippen LogP contribution in [0.15, 0.2) is 18.3 Å². The molecule has 0 aromatic carbocycles. The number of likely N-dealkylation sites (N-methyl/N-ethyl adjacent to an activating group) is 1. The number of nitrogens with zero attached hydrogens (tertiary/aromatic N) is 2. The molecule has 1 aliphatic heterocycles. The predicted molar refractivity (Wildman–Crippen MR) is 70.0 cm³/mol. The second-order valence-electron chi connectivity index (χ2n) is 4.75. The van der Waals surface area contributed by atoms with E-state index in [-0.39, 0.29) is 5.56 Å². The van der Waals surface area contributed by atoms with Gasteiger partial charge in [-0.3, -0.25) is 0 Å². The number of anilines is 1. The van der Waals surface area contributed by atoms with Crippen LogP contribution in [0.5, 0.6) is 0 Å². The lowest BCUT2D eigenvalue weighted by molar-refractivity contribution is 0.0697. The average molecular weight is 249 g/mol. The van der Waals surface area contributed by atoms with Crippen molar-refractivity contribution in [1.82, 2.24) is 9.88 Å². The van der Waals surface area contributed by atoms with Gasteiger partial charge in [0.15, 0.2) is 0 Å². The van der Waals surface area contributed by atoms with Gasteiger partial charge in [-0.2, -0.15) is 0 Å². The lowest BCUT2D eigenvalue weighted by atomic mass is 10.0. The summed E-state index contributed by atoms with van der Waals surface area (Å²) in [7, 11) is 2.13. The number of hydrogen-bond acceptors (Lipinski definition) is 4. The number of aromatic carboxylic acids is 1. The quantitative estimate of drug-likeness (QED) is 0.850. The first kappa shape index (κ1) is 12.8. The van der Waals surface area contributed by atoms with Crippen molar-refractivity contribution in [1.29, 1.82) is 0 Å². The molecule has 0 bridgehead atoms. The molecule has 0 saturated carbocycles. The van der Waals surface area contributed by atoms with E-state index in [1.54, 1.807) is 6.07 Å². The third-order valence-corrected chi connectivity index (χ3v) is 3.45. The van der Waals surface area contributed by atoms with E-state index < -0.39 is 5.97 Å². The van der Waals surface area contributed by atoms with E-state index in [1.807, 2.05) is 0 Å². The van der Waals surface area contributed by atoms with Gasteiger partial charge in [0.05, 0.1) is 5.56 Å². The van der Waals surface area contributed by atoms with Crippen molar-refractivity contribution in [2.45, 2.75) is 25.3 Å². The Morgan fingerprint density at radius 2 is 2.44 bits per heavy atom. The van der Waals surface area contributed by atoms with Crippen LogP contribution < -0.4 is 5.32 Å². The minimum atomic E-state index is -0.921. The van der Waals surface area contributed by atoms with Crippen molar-refractivity contribution >= 4 is 11.8 Å². The number of aromatic nitrogens is 1. The molecule has 0 amide bonds. The molecule has 1 fully saturated rings. The molecule has 1 atom stereocenters. The number of carboxylic acid groups (broad SMARTS) is 1. The fraction of sp³-hybridized carbons (Fsp3) is 0.538. The van der Waals surface area contributed by atoms with Gasteiger partial charge in [-0.05, 0) is 38.6 Å². The number of pyridine rings is 1. The van der Waals surface area contributed by atoms with E-state index in [1.165, 1.54) is 31.5 Å². The second kappa shape index (κ2) is 5.82. The number of carbonyl (C=O) groups is 1. The molecule has 5 nitrogen and oxygen atoms in total. The molecule has 2 rings (SSSR count). The minimum absolute atomic E-state index is 0.268. The number of likely N-dealkylation sites (tertiary alicyclic amines) is 1. The number of carboxylic acids is 1. The zero-order valence-electron chi connectivity index (χ0n) is 10.6. The molecule has 1 saturated heterocycles. The van der Waals surface area contributed by atoms with Gasteiger partial charge in [0.1, 0.15) is 5.82 Å². The highest BCUT2D eigenvalue weighted by molar-refractivity contribution is 5.88. The van der Waals surface area contributed by atoms with Crippen LogP contribution in [-0.4, -0.2) is 47.1 Å². The molecule has 0 aliphatic carbocycles. The minimum Gasteiger partial charge on any atom is -0.478 e. The zero-order chi connectivity index (χ0) is 13.0. The molecule has 98 valence electrons. The molecule has 18 heavy (non-hydrogen) atoms. The highest BCUT2D eigenvalue weighted by atomic mass is 16.4. The molecule has 0 spiro atoms. The fourth-order valence-corrected chi connectivity index (χ4v) is 2.28. The molecule has 1 aromatic rings. The normalized spacial score (nSPS) is 20.6. The van der Waals surface area contributed by atoms with Crippen molar-refractivity contribution < 1.29 is 9.90 Å². The Morgan fingerprint density at radius 3 is 3.17 bits per heavy atom. The summed E-state index contributed by atoms with van der Waals surface area (Å²) in [6, 6.07) is 3.58. The Kier molecular flexibility index (Phi) is 4.15. The van der Waals surface area contributed by atoms with Gasteiger partial charge < -0.3 is 15.3 Å². The monoisotopic (exact) mass is 249 g/mol. The SMILES string of the molecule is CN1CCCCC1CNc1cc(C(=O)O)ccn1. The third kappa shape index (κ3) is 3.20.